The Kier molecular flexibility index (Phi) is 7.08. The van der Waals surface area contributed by atoms with Crippen molar-refractivity contribution >= 4 is 33.4 Å². The summed E-state index contributed by atoms with van der Waals surface area (Å²) < 4.78 is 4.68. The molecule has 0 aliphatic carbocycles. The number of rotatable bonds is 3. The van der Waals surface area contributed by atoms with Gasteiger partial charge >= 0.3 is 5.97 Å². The number of ketones is 1. The molecule has 0 unspecified atom stereocenters. The molecule has 23 heavy (non-hydrogen) atoms. The minimum absolute atomic E-state index is 0.0920. The number of halogens is 1. The summed E-state index contributed by atoms with van der Waals surface area (Å²) >= 11 is 3.15. The van der Waals surface area contributed by atoms with E-state index in [4.69, 9.17) is 0 Å². The average molecular weight is 380 g/mol. The summed E-state index contributed by atoms with van der Waals surface area (Å²) in [4.78, 5) is 32.1. The number of carbonyl (C=O) groups excluding carboxylic acids is 2. The third kappa shape index (κ3) is 5.63. The molecule has 6 nitrogen and oxygen atoms in total. The number of carbonyl (C=O) groups is 2. The maximum absolute atomic E-state index is 12.2. The van der Waals surface area contributed by atoms with Crippen molar-refractivity contribution in [3.05, 3.63) is 74.2 Å². The first-order valence-electron chi connectivity index (χ1n) is 6.45. The van der Waals surface area contributed by atoms with Crippen LogP contribution >= 0.6 is 15.9 Å². The Hall–Kier alpha value is -2.54. The van der Waals surface area contributed by atoms with Crippen LogP contribution in [0.5, 0.6) is 0 Å². The van der Waals surface area contributed by atoms with Crippen molar-refractivity contribution in [3.8, 4) is 0 Å². The van der Waals surface area contributed by atoms with Gasteiger partial charge in [-0.3, -0.25) is 19.7 Å². The molecule has 0 spiro atoms. The zero-order valence-electron chi connectivity index (χ0n) is 12.5. The Bertz CT molecular complexity index is 716. The summed E-state index contributed by atoms with van der Waals surface area (Å²) in [6, 6.07) is 12.9. The predicted octanol–water partition coefficient (Wildman–Crippen LogP) is 3.77. The molecule has 0 bridgehead atoms. The van der Waals surface area contributed by atoms with Crippen LogP contribution < -0.4 is 0 Å². The minimum atomic E-state index is -0.555. The summed E-state index contributed by atoms with van der Waals surface area (Å²) in [6.07, 6.45) is 0. The van der Waals surface area contributed by atoms with Crippen LogP contribution in [0, 0.1) is 10.1 Å². The predicted molar refractivity (Wildman–Crippen MR) is 88.4 cm³/mol. The van der Waals surface area contributed by atoms with Gasteiger partial charge in [0.15, 0.2) is 5.78 Å². The van der Waals surface area contributed by atoms with E-state index in [1.807, 2.05) is 0 Å². The molecule has 0 N–H and O–H groups in total. The first-order valence-corrected chi connectivity index (χ1v) is 7.24. The number of ether oxygens (including phenoxy) is 1. The lowest BCUT2D eigenvalue weighted by molar-refractivity contribution is -0.385. The van der Waals surface area contributed by atoms with Gasteiger partial charge in [-0.2, -0.15) is 0 Å². The van der Waals surface area contributed by atoms with E-state index < -0.39 is 4.92 Å². The van der Waals surface area contributed by atoms with E-state index in [0.717, 1.165) is 0 Å². The van der Waals surface area contributed by atoms with E-state index in [1.54, 1.807) is 36.4 Å². The van der Waals surface area contributed by atoms with E-state index in [0.29, 0.717) is 10.0 Å². The number of nitrogens with zero attached hydrogens (tertiary/aromatic N) is 1. The van der Waals surface area contributed by atoms with Crippen LogP contribution in [-0.2, 0) is 9.53 Å². The molecule has 0 saturated heterocycles. The van der Waals surface area contributed by atoms with Gasteiger partial charge in [-0.15, -0.1) is 0 Å². The van der Waals surface area contributed by atoms with E-state index >= 15 is 0 Å². The number of esters is 1. The van der Waals surface area contributed by atoms with Gasteiger partial charge in [0, 0.05) is 23.0 Å². The van der Waals surface area contributed by atoms with Gasteiger partial charge < -0.3 is 4.74 Å². The lowest BCUT2D eigenvalue weighted by Gasteiger charge is -2.03. The van der Waals surface area contributed by atoms with Crippen molar-refractivity contribution in [2.24, 2.45) is 0 Å². The van der Waals surface area contributed by atoms with Gasteiger partial charge in [0.1, 0.15) is 5.56 Å². The molecule has 0 fully saturated rings. The van der Waals surface area contributed by atoms with Gasteiger partial charge in [-0.1, -0.05) is 46.3 Å². The van der Waals surface area contributed by atoms with Crippen molar-refractivity contribution in [1.82, 2.24) is 0 Å². The lowest BCUT2D eigenvalue weighted by atomic mass is 10.0. The fourth-order valence-electron chi connectivity index (χ4n) is 1.59. The molecule has 0 radical (unpaired) electrons. The molecule has 0 aromatic heterocycles. The molecule has 0 aliphatic rings. The monoisotopic (exact) mass is 379 g/mol. The molecule has 0 heterocycles. The summed E-state index contributed by atoms with van der Waals surface area (Å²) in [5.74, 6) is -0.597. The van der Waals surface area contributed by atoms with Crippen LogP contribution in [-0.4, -0.2) is 23.8 Å². The molecule has 2 aromatic rings. The highest BCUT2D eigenvalue weighted by atomic mass is 79.9. The summed E-state index contributed by atoms with van der Waals surface area (Å²) in [5, 5.41) is 10.9. The topological polar surface area (TPSA) is 86.5 Å². The number of nitro benzene ring substituents is 1. The number of hydrogen-bond acceptors (Lipinski definition) is 5. The fourth-order valence-corrected chi connectivity index (χ4v) is 1.94. The maximum Gasteiger partial charge on any atom is 0.302 e. The zero-order chi connectivity index (χ0) is 17.4. The van der Waals surface area contributed by atoms with Crippen LogP contribution in [0.3, 0.4) is 0 Å². The first-order chi connectivity index (χ1) is 10.9. The van der Waals surface area contributed by atoms with E-state index in [-0.39, 0.29) is 23.0 Å². The molecular formula is C16H14BrNO5. The molecule has 0 amide bonds. The second-order valence-corrected chi connectivity index (χ2v) is 5.23. The normalized spacial score (nSPS) is 9.35. The highest BCUT2D eigenvalue weighted by Gasteiger charge is 2.21. The molecule has 0 saturated carbocycles. The summed E-state index contributed by atoms with van der Waals surface area (Å²) in [7, 11) is 1.35. The van der Waals surface area contributed by atoms with Gasteiger partial charge in [0.2, 0.25) is 0 Å². The van der Waals surface area contributed by atoms with E-state index in [2.05, 4.69) is 20.7 Å². The van der Waals surface area contributed by atoms with E-state index in [1.165, 1.54) is 26.2 Å². The van der Waals surface area contributed by atoms with Gasteiger partial charge in [-0.25, -0.2) is 0 Å². The maximum atomic E-state index is 12.2. The SMILES string of the molecule is COC(C)=O.O=C(c1ccccc1)c1ccc(Br)cc1[N+](=O)[O-]. The Morgan fingerprint density at radius 1 is 1.13 bits per heavy atom. The number of hydrogen-bond donors (Lipinski definition) is 0. The number of benzene rings is 2. The molecule has 0 atom stereocenters. The molecule has 7 heteroatoms. The molecular weight excluding hydrogens is 366 g/mol. The van der Waals surface area contributed by atoms with Gasteiger partial charge in [0.05, 0.1) is 12.0 Å². The van der Waals surface area contributed by atoms with Crippen LogP contribution in [0.25, 0.3) is 0 Å². The third-order valence-corrected chi connectivity index (χ3v) is 3.22. The van der Waals surface area contributed by atoms with Crippen LogP contribution in [0.15, 0.2) is 53.0 Å². The largest absolute Gasteiger partial charge is 0.469 e. The smallest absolute Gasteiger partial charge is 0.302 e. The van der Waals surface area contributed by atoms with Crippen molar-refractivity contribution in [2.75, 3.05) is 7.11 Å². The fraction of sp³-hybridized carbons (Fsp3) is 0.125. The second-order valence-electron chi connectivity index (χ2n) is 4.31. The number of methoxy groups -OCH3 is 1. The zero-order valence-corrected chi connectivity index (χ0v) is 14.1. The van der Waals surface area contributed by atoms with Crippen LogP contribution in [0.2, 0.25) is 0 Å². The van der Waals surface area contributed by atoms with Crippen molar-refractivity contribution in [3.63, 3.8) is 0 Å². The second kappa shape index (κ2) is 8.79. The Morgan fingerprint density at radius 3 is 2.17 bits per heavy atom. The molecule has 0 aliphatic heterocycles. The first kappa shape index (κ1) is 18.5. The lowest BCUT2D eigenvalue weighted by Crippen LogP contribution is -2.05. The molecule has 120 valence electrons. The molecule has 2 rings (SSSR count). The minimum Gasteiger partial charge on any atom is -0.469 e. The van der Waals surface area contributed by atoms with Gasteiger partial charge in [-0.05, 0) is 12.1 Å². The summed E-state index contributed by atoms with van der Waals surface area (Å²) in [6.45, 7) is 1.36. The quantitative estimate of drug-likeness (QED) is 0.350. The van der Waals surface area contributed by atoms with Crippen molar-refractivity contribution in [1.29, 1.82) is 0 Å². The van der Waals surface area contributed by atoms with Gasteiger partial charge in [0.25, 0.3) is 5.69 Å². The third-order valence-electron chi connectivity index (χ3n) is 2.72. The van der Waals surface area contributed by atoms with Crippen molar-refractivity contribution in [2.45, 2.75) is 6.92 Å². The highest BCUT2D eigenvalue weighted by Crippen LogP contribution is 2.25. The summed E-state index contributed by atoms with van der Waals surface area (Å²) in [5.41, 5.74) is 0.329. The molecule has 2 aromatic carbocycles. The Balaban J connectivity index is 0.000000463. The average Bonchev–Trinajstić information content (AvgIpc) is 2.55. The number of nitro groups is 1. The highest BCUT2D eigenvalue weighted by molar-refractivity contribution is 9.10. The standard InChI is InChI=1S/C13H8BrNO3.C3H6O2/c14-10-6-7-11(12(8-10)15(17)18)13(16)9-4-2-1-3-5-9;1-3(4)5-2/h1-8H;1-2H3. The van der Waals surface area contributed by atoms with Crippen molar-refractivity contribution < 1.29 is 19.2 Å². The van der Waals surface area contributed by atoms with E-state index in [9.17, 15) is 19.7 Å². The Labute approximate surface area is 141 Å². The van der Waals surface area contributed by atoms with Crippen LogP contribution in [0.1, 0.15) is 22.8 Å². The van der Waals surface area contributed by atoms with Crippen LogP contribution in [0.4, 0.5) is 5.69 Å². The Morgan fingerprint density at radius 2 is 1.70 bits per heavy atom.